The van der Waals surface area contributed by atoms with E-state index in [1.54, 1.807) is 0 Å². The van der Waals surface area contributed by atoms with Gasteiger partial charge in [0, 0.05) is 11.8 Å². The molecule has 0 N–H and O–H groups in total. The Morgan fingerprint density at radius 2 is 2.25 bits per heavy atom. The topological polar surface area (TPSA) is 47.0 Å². The minimum Gasteiger partial charge on any atom is -0.298 e. The second kappa shape index (κ2) is 3.57. The van der Waals surface area contributed by atoms with Crippen LogP contribution < -0.4 is 0 Å². The van der Waals surface area contributed by atoms with Gasteiger partial charge >= 0.3 is 0 Å². The van der Waals surface area contributed by atoms with E-state index >= 15 is 0 Å². The number of nitrogens with zero attached hydrogens (tertiary/aromatic N) is 1. The van der Waals surface area contributed by atoms with Crippen LogP contribution in [0.5, 0.6) is 0 Å². The third kappa shape index (κ3) is 1.63. The molecule has 0 aliphatic carbocycles. The summed E-state index contributed by atoms with van der Waals surface area (Å²) in [5.74, 6) is -0.243. The number of ketones is 1. The number of carbonyl (C=O) groups excluding carboxylic acids is 2. The minimum absolute atomic E-state index is 0.243. The number of hydrogen-bond donors (Lipinski definition) is 0. The lowest BCUT2D eigenvalue weighted by Crippen LogP contribution is -1.97. The zero-order valence-electron chi connectivity index (χ0n) is 6.36. The normalized spacial score (nSPS) is 9.00. The van der Waals surface area contributed by atoms with Crippen molar-refractivity contribution < 1.29 is 9.59 Å². The van der Waals surface area contributed by atoms with Gasteiger partial charge in [-0.25, -0.2) is 0 Å². The molecule has 0 amide bonds. The predicted molar refractivity (Wildman–Crippen MR) is 44.2 cm³/mol. The van der Waals surface area contributed by atoms with Crippen molar-refractivity contribution in [1.82, 2.24) is 4.98 Å². The monoisotopic (exact) mass is 161 g/mol. The van der Waals surface area contributed by atoms with Gasteiger partial charge in [0.05, 0.1) is 0 Å². The van der Waals surface area contributed by atoms with Crippen molar-refractivity contribution in [3.8, 4) is 0 Å². The molecule has 60 valence electrons. The first-order chi connectivity index (χ1) is 5.77. The molecule has 1 heterocycles. The van der Waals surface area contributed by atoms with Gasteiger partial charge in [-0.05, 0) is 18.2 Å². The fraction of sp³-hybridized carbons (Fsp3) is 0. The maximum atomic E-state index is 10.9. The van der Waals surface area contributed by atoms with Crippen LogP contribution in [0.4, 0.5) is 0 Å². The zero-order valence-corrected chi connectivity index (χ0v) is 6.36. The quantitative estimate of drug-likeness (QED) is 0.381. The summed E-state index contributed by atoms with van der Waals surface area (Å²) < 4.78 is 0. The number of allylic oxidation sites excluding steroid dienone is 1. The molecule has 0 bridgehead atoms. The SMILES string of the molecule is C=CC(=O)c1ccc(C=O)cn1. The van der Waals surface area contributed by atoms with Gasteiger partial charge in [0.1, 0.15) is 5.69 Å². The molecule has 0 spiro atoms. The van der Waals surface area contributed by atoms with Gasteiger partial charge in [0.2, 0.25) is 5.78 Å². The lowest BCUT2D eigenvalue weighted by atomic mass is 10.2. The average molecular weight is 161 g/mol. The second-order valence-corrected chi connectivity index (χ2v) is 2.16. The number of hydrogen-bond acceptors (Lipinski definition) is 3. The van der Waals surface area contributed by atoms with Crippen LogP contribution >= 0.6 is 0 Å². The Morgan fingerprint density at radius 1 is 1.50 bits per heavy atom. The molecule has 0 aliphatic rings. The van der Waals surface area contributed by atoms with E-state index < -0.39 is 0 Å². The van der Waals surface area contributed by atoms with Crippen LogP contribution in [-0.4, -0.2) is 17.1 Å². The molecule has 1 aromatic rings. The van der Waals surface area contributed by atoms with Crippen molar-refractivity contribution in [2.75, 3.05) is 0 Å². The number of aromatic nitrogens is 1. The lowest BCUT2D eigenvalue weighted by Gasteiger charge is -1.93. The first kappa shape index (κ1) is 8.33. The molecule has 0 saturated heterocycles. The maximum absolute atomic E-state index is 10.9. The molecule has 3 heteroatoms. The van der Waals surface area contributed by atoms with Crippen LogP contribution in [0.3, 0.4) is 0 Å². The first-order valence-corrected chi connectivity index (χ1v) is 3.36. The fourth-order valence-electron chi connectivity index (χ4n) is 0.725. The van der Waals surface area contributed by atoms with E-state index in [1.165, 1.54) is 24.4 Å². The Hall–Kier alpha value is -1.77. The molecule has 0 atom stereocenters. The highest BCUT2D eigenvalue weighted by Crippen LogP contribution is 1.98. The summed E-state index contributed by atoms with van der Waals surface area (Å²) >= 11 is 0. The standard InChI is InChI=1S/C9H7NO2/c1-2-9(12)8-4-3-7(6-11)5-10-8/h2-6H,1H2. The third-order valence-electron chi connectivity index (χ3n) is 1.36. The molecule has 0 aliphatic heterocycles. The summed E-state index contributed by atoms with van der Waals surface area (Å²) in [7, 11) is 0. The van der Waals surface area contributed by atoms with E-state index in [1.807, 2.05) is 0 Å². The molecule has 1 rings (SSSR count). The van der Waals surface area contributed by atoms with Gasteiger partial charge in [-0.1, -0.05) is 6.58 Å². The largest absolute Gasteiger partial charge is 0.298 e. The molecular weight excluding hydrogens is 154 g/mol. The van der Waals surface area contributed by atoms with Crippen molar-refractivity contribution >= 4 is 12.1 Å². The number of rotatable bonds is 3. The summed E-state index contributed by atoms with van der Waals surface area (Å²) in [4.78, 5) is 24.9. The highest BCUT2D eigenvalue weighted by Gasteiger charge is 2.00. The molecule has 0 fully saturated rings. The summed E-state index contributed by atoms with van der Waals surface area (Å²) in [6, 6.07) is 3.03. The first-order valence-electron chi connectivity index (χ1n) is 3.36. The van der Waals surface area contributed by atoms with Gasteiger partial charge in [0.25, 0.3) is 0 Å². The Morgan fingerprint density at radius 3 is 2.67 bits per heavy atom. The van der Waals surface area contributed by atoms with E-state index in [0.29, 0.717) is 17.5 Å². The predicted octanol–water partition coefficient (Wildman–Crippen LogP) is 1.26. The van der Waals surface area contributed by atoms with E-state index in [2.05, 4.69) is 11.6 Å². The summed E-state index contributed by atoms with van der Waals surface area (Å²) in [5, 5.41) is 0. The zero-order chi connectivity index (χ0) is 8.97. The summed E-state index contributed by atoms with van der Waals surface area (Å²) in [6.07, 6.45) is 3.21. The van der Waals surface area contributed by atoms with Gasteiger partial charge in [-0.3, -0.25) is 14.6 Å². The van der Waals surface area contributed by atoms with Crippen molar-refractivity contribution in [1.29, 1.82) is 0 Å². The molecule has 0 radical (unpaired) electrons. The van der Waals surface area contributed by atoms with Crippen LogP contribution in [0, 0.1) is 0 Å². The van der Waals surface area contributed by atoms with Crippen molar-refractivity contribution in [2.45, 2.75) is 0 Å². The fourth-order valence-corrected chi connectivity index (χ4v) is 0.725. The highest BCUT2D eigenvalue weighted by atomic mass is 16.1. The van der Waals surface area contributed by atoms with Gasteiger partial charge < -0.3 is 0 Å². The molecule has 3 nitrogen and oxygen atoms in total. The average Bonchev–Trinajstić information content (AvgIpc) is 2.17. The summed E-state index contributed by atoms with van der Waals surface area (Å²) in [6.45, 7) is 3.32. The molecular formula is C9H7NO2. The number of pyridine rings is 1. The van der Waals surface area contributed by atoms with E-state index in [0.717, 1.165) is 0 Å². The minimum atomic E-state index is -0.243. The number of aldehydes is 1. The summed E-state index contributed by atoms with van der Waals surface area (Å²) in [5.41, 5.74) is 0.756. The Bertz CT molecular complexity index is 314. The van der Waals surface area contributed by atoms with Crippen molar-refractivity contribution in [3.05, 3.63) is 42.2 Å². The lowest BCUT2D eigenvalue weighted by molar-refractivity contribution is 0.104. The van der Waals surface area contributed by atoms with Crippen LogP contribution in [-0.2, 0) is 0 Å². The Balaban J connectivity index is 2.99. The molecule has 12 heavy (non-hydrogen) atoms. The van der Waals surface area contributed by atoms with E-state index in [9.17, 15) is 9.59 Å². The van der Waals surface area contributed by atoms with Crippen molar-refractivity contribution in [3.63, 3.8) is 0 Å². The van der Waals surface area contributed by atoms with E-state index in [4.69, 9.17) is 0 Å². The Labute approximate surface area is 69.7 Å². The van der Waals surface area contributed by atoms with Crippen LogP contribution in [0.2, 0.25) is 0 Å². The van der Waals surface area contributed by atoms with Gasteiger partial charge in [-0.2, -0.15) is 0 Å². The third-order valence-corrected chi connectivity index (χ3v) is 1.36. The smallest absolute Gasteiger partial charge is 0.203 e. The van der Waals surface area contributed by atoms with Gasteiger partial charge in [-0.15, -0.1) is 0 Å². The van der Waals surface area contributed by atoms with E-state index in [-0.39, 0.29) is 5.78 Å². The van der Waals surface area contributed by atoms with Crippen LogP contribution in [0.15, 0.2) is 31.0 Å². The Kier molecular flexibility index (Phi) is 2.48. The number of carbonyl (C=O) groups is 2. The molecule has 0 saturated carbocycles. The molecule has 1 aromatic heterocycles. The van der Waals surface area contributed by atoms with Crippen LogP contribution in [0.1, 0.15) is 20.8 Å². The highest BCUT2D eigenvalue weighted by molar-refractivity contribution is 6.02. The maximum Gasteiger partial charge on any atom is 0.203 e. The second-order valence-electron chi connectivity index (χ2n) is 2.16. The van der Waals surface area contributed by atoms with Gasteiger partial charge in [0.15, 0.2) is 6.29 Å². The molecule has 0 aromatic carbocycles. The molecule has 0 unspecified atom stereocenters. The van der Waals surface area contributed by atoms with Crippen LogP contribution in [0.25, 0.3) is 0 Å². The van der Waals surface area contributed by atoms with Crippen molar-refractivity contribution in [2.24, 2.45) is 0 Å².